The highest BCUT2D eigenvalue weighted by molar-refractivity contribution is 5.97. The van der Waals surface area contributed by atoms with Crippen LogP contribution in [0.4, 0.5) is 0 Å². The minimum Gasteiger partial charge on any atom is -0.466 e. The number of hydrogen-bond donors (Lipinski definition) is 1. The molecule has 0 atom stereocenters. The first kappa shape index (κ1) is 18.5. The van der Waals surface area contributed by atoms with Crippen molar-refractivity contribution >= 4 is 11.9 Å². The lowest BCUT2D eigenvalue weighted by Gasteiger charge is -2.30. The molecule has 25 heavy (non-hydrogen) atoms. The number of amides is 1. The lowest BCUT2D eigenvalue weighted by molar-refractivity contribution is -0.150. The van der Waals surface area contributed by atoms with Gasteiger partial charge in [0.05, 0.1) is 12.5 Å². The number of pyridine rings is 1. The minimum atomic E-state index is -0.316. The number of esters is 1. The van der Waals surface area contributed by atoms with Crippen molar-refractivity contribution in [2.45, 2.75) is 26.3 Å². The molecule has 1 aliphatic heterocycles. The van der Waals surface area contributed by atoms with Crippen LogP contribution >= 0.6 is 0 Å². The van der Waals surface area contributed by atoms with E-state index in [4.69, 9.17) is 4.74 Å². The normalized spacial score (nSPS) is 15.4. The molecule has 0 aliphatic carbocycles. The number of carbonyl (C=O) groups excluding carboxylic acids is 2. The number of likely N-dealkylation sites (tertiary alicyclic amines) is 1. The summed E-state index contributed by atoms with van der Waals surface area (Å²) in [6.45, 7) is 3.52. The molecule has 0 bridgehead atoms. The van der Waals surface area contributed by atoms with Gasteiger partial charge >= 0.3 is 5.97 Å². The third-order valence-corrected chi connectivity index (χ3v) is 4.03. The molecule has 1 aliphatic rings. The molecule has 1 aromatic rings. The van der Waals surface area contributed by atoms with Gasteiger partial charge < -0.3 is 15.0 Å². The molecule has 1 saturated heterocycles. The monoisotopic (exact) mass is 342 g/mol. The fourth-order valence-electron chi connectivity index (χ4n) is 2.66. The standard InChI is InChI=1S/C18H22N4O3/c1-2-25-18(24)15-5-8-22(9-6-15)17(23)16(10-19)13-21-12-14-4-3-7-20-11-14/h3-4,7,11,13,15,21H,2,5-6,8-9,12H2,1H3/b16-13-. The Kier molecular flexibility index (Phi) is 6.96. The van der Waals surface area contributed by atoms with Gasteiger partial charge in [-0.05, 0) is 31.4 Å². The van der Waals surface area contributed by atoms with E-state index in [1.807, 2.05) is 18.2 Å². The summed E-state index contributed by atoms with van der Waals surface area (Å²) in [5, 5.41) is 12.2. The largest absolute Gasteiger partial charge is 0.466 e. The van der Waals surface area contributed by atoms with Crippen LogP contribution in [-0.4, -0.2) is 41.5 Å². The average Bonchev–Trinajstić information content (AvgIpc) is 2.66. The number of nitrogens with zero attached hydrogens (tertiary/aromatic N) is 3. The molecule has 1 amide bonds. The smallest absolute Gasteiger partial charge is 0.309 e. The fourth-order valence-corrected chi connectivity index (χ4v) is 2.66. The zero-order chi connectivity index (χ0) is 18.1. The highest BCUT2D eigenvalue weighted by Gasteiger charge is 2.29. The minimum absolute atomic E-state index is 0.0541. The Balaban J connectivity index is 1.87. The van der Waals surface area contributed by atoms with Gasteiger partial charge in [-0.15, -0.1) is 0 Å². The predicted octanol–water partition coefficient (Wildman–Crippen LogP) is 1.38. The number of hydrogen-bond acceptors (Lipinski definition) is 6. The third-order valence-electron chi connectivity index (χ3n) is 4.03. The molecule has 132 valence electrons. The molecule has 0 radical (unpaired) electrons. The maximum atomic E-state index is 12.4. The van der Waals surface area contributed by atoms with Crippen LogP contribution in [0, 0.1) is 17.2 Å². The van der Waals surface area contributed by atoms with Crippen LogP contribution in [0.15, 0.2) is 36.3 Å². The van der Waals surface area contributed by atoms with Gasteiger partial charge in [0.15, 0.2) is 0 Å². The molecule has 0 unspecified atom stereocenters. The summed E-state index contributed by atoms with van der Waals surface area (Å²) in [6.07, 6.45) is 5.96. The molecule has 0 aromatic carbocycles. The van der Waals surface area contributed by atoms with Crippen molar-refractivity contribution in [3.63, 3.8) is 0 Å². The molecule has 2 heterocycles. The Morgan fingerprint density at radius 1 is 1.48 bits per heavy atom. The second-order valence-electron chi connectivity index (χ2n) is 5.73. The van der Waals surface area contributed by atoms with E-state index in [0.717, 1.165) is 5.56 Å². The van der Waals surface area contributed by atoms with Crippen molar-refractivity contribution < 1.29 is 14.3 Å². The summed E-state index contributed by atoms with van der Waals surface area (Å²) in [7, 11) is 0. The molecule has 7 heteroatoms. The van der Waals surface area contributed by atoms with Gasteiger partial charge in [-0.25, -0.2) is 0 Å². The Morgan fingerprint density at radius 3 is 2.84 bits per heavy atom. The average molecular weight is 342 g/mol. The van der Waals surface area contributed by atoms with E-state index >= 15 is 0 Å². The number of aromatic nitrogens is 1. The quantitative estimate of drug-likeness (QED) is 0.477. The molecular weight excluding hydrogens is 320 g/mol. The van der Waals surface area contributed by atoms with Crippen LogP contribution in [-0.2, 0) is 20.9 Å². The molecule has 1 N–H and O–H groups in total. The van der Waals surface area contributed by atoms with Gasteiger partial charge in [-0.3, -0.25) is 14.6 Å². The van der Waals surface area contributed by atoms with Gasteiger partial charge in [0.2, 0.25) is 0 Å². The number of carbonyl (C=O) groups is 2. The summed E-state index contributed by atoms with van der Waals surface area (Å²) >= 11 is 0. The van der Waals surface area contributed by atoms with Crippen molar-refractivity contribution in [2.24, 2.45) is 5.92 Å². The van der Waals surface area contributed by atoms with Gasteiger partial charge in [0.25, 0.3) is 5.91 Å². The van der Waals surface area contributed by atoms with Gasteiger partial charge in [-0.1, -0.05) is 6.07 Å². The van der Waals surface area contributed by atoms with Gasteiger partial charge in [-0.2, -0.15) is 5.26 Å². The highest BCUT2D eigenvalue weighted by atomic mass is 16.5. The first-order valence-corrected chi connectivity index (χ1v) is 8.34. The Labute approximate surface area is 147 Å². The summed E-state index contributed by atoms with van der Waals surface area (Å²) in [4.78, 5) is 29.8. The summed E-state index contributed by atoms with van der Waals surface area (Å²) < 4.78 is 5.02. The van der Waals surface area contributed by atoms with E-state index in [9.17, 15) is 14.9 Å². The Morgan fingerprint density at radius 2 is 2.24 bits per heavy atom. The van der Waals surface area contributed by atoms with Crippen molar-refractivity contribution in [3.8, 4) is 6.07 Å². The number of nitriles is 1. The third kappa shape index (κ3) is 5.31. The number of rotatable bonds is 6. The van der Waals surface area contributed by atoms with E-state index < -0.39 is 0 Å². The van der Waals surface area contributed by atoms with Crippen molar-refractivity contribution in [2.75, 3.05) is 19.7 Å². The lowest BCUT2D eigenvalue weighted by atomic mass is 9.96. The number of ether oxygens (including phenoxy) is 1. The zero-order valence-corrected chi connectivity index (χ0v) is 14.3. The maximum Gasteiger partial charge on any atom is 0.309 e. The van der Waals surface area contributed by atoms with Crippen LogP contribution in [0.5, 0.6) is 0 Å². The summed E-state index contributed by atoms with van der Waals surface area (Å²) in [5.41, 5.74) is 1.01. The van der Waals surface area contributed by atoms with Crippen LogP contribution in [0.1, 0.15) is 25.3 Å². The summed E-state index contributed by atoms with van der Waals surface area (Å²) in [5.74, 6) is -0.686. The Bertz CT molecular complexity index is 659. The van der Waals surface area contributed by atoms with E-state index in [1.165, 1.54) is 6.20 Å². The highest BCUT2D eigenvalue weighted by Crippen LogP contribution is 2.20. The second-order valence-corrected chi connectivity index (χ2v) is 5.73. The molecule has 1 fully saturated rings. The van der Waals surface area contributed by atoms with Crippen molar-refractivity contribution in [1.29, 1.82) is 5.26 Å². The van der Waals surface area contributed by atoms with Crippen LogP contribution < -0.4 is 5.32 Å². The molecule has 1 aromatic heterocycles. The first-order valence-electron chi connectivity index (χ1n) is 8.34. The topological polar surface area (TPSA) is 95.3 Å². The molecule has 2 rings (SSSR count). The fraction of sp³-hybridized carbons (Fsp3) is 0.444. The SMILES string of the molecule is CCOC(=O)C1CCN(C(=O)/C(C#N)=C\NCc2cccnc2)CC1. The van der Waals surface area contributed by atoms with Crippen LogP contribution in [0.3, 0.4) is 0 Å². The molecular formula is C18H22N4O3. The predicted molar refractivity (Wildman–Crippen MR) is 90.7 cm³/mol. The van der Waals surface area contributed by atoms with E-state index in [1.54, 1.807) is 24.2 Å². The number of piperidine rings is 1. The van der Waals surface area contributed by atoms with Crippen molar-refractivity contribution in [3.05, 3.63) is 41.9 Å². The van der Waals surface area contributed by atoms with Crippen LogP contribution in [0.2, 0.25) is 0 Å². The summed E-state index contributed by atoms with van der Waals surface area (Å²) in [6, 6.07) is 5.67. The first-order chi connectivity index (χ1) is 12.2. The molecule has 0 saturated carbocycles. The van der Waals surface area contributed by atoms with E-state index in [-0.39, 0.29) is 23.4 Å². The van der Waals surface area contributed by atoms with E-state index in [0.29, 0.717) is 39.1 Å². The Hall–Kier alpha value is -2.88. The molecule has 0 spiro atoms. The molecule has 7 nitrogen and oxygen atoms in total. The van der Waals surface area contributed by atoms with Crippen molar-refractivity contribution in [1.82, 2.24) is 15.2 Å². The van der Waals surface area contributed by atoms with Gasteiger partial charge in [0.1, 0.15) is 11.6 Å². The van der Waals surface area contributed by atoms with Crippen LogP contribution in [0.25, 0.3) is 0 Å². The lowest BCUT2D eigenvalue weighted by Crippen LogP contribution is -2.41. The second kappa shape index (κ2) is 9.42. The maximum absolute atomic E-state index is 12.4. The van der Waals surface area contributed by atoms with E-state index in [2.05, 4.69) is 10.3 Å². The number of nitrogens with one attached hydrogen (secondary N) is 1. The van der Waals surface area contributed by atoms with Gasteiger partial charge in [0, 0.05) is 38.2 Å². The zero-order valence-electron chi connectivity index (χ0n) is 14.3.